The second kappa shape index (κ2) is 9.63. The van der Waals surface area contributed by atoms with Gasteiger partial charge in [0.05, 0.1) is 5.83 Å². The fourth-order valence-corrected chi connectivity index (χ4v) is 0.283. The summed E-state index contributed by atoms with van der Waals surface area (Å²) < 4.78 is 11.3. The van der Waals surface area contributed by atoms with Crippen LogP contribution in [-0.4, -0.2) is 5.33 Å². The van der Waals surface area contributed by atoms with Crippen molar-refractivity contribution < 1.29 is 4.39 Å². The molecule has 0 rings (SSSR count). The van der Waals surface area contributed by atoms with E-state index in [2.05, 4.69) is 29.1 Å². The predicted octanol–water partition coefficient (Wildman–Crippen LogP) is 4.00. The van der Waals surface area contributed by atoms with Gasteiger partial charge in [0, 0.05) is 5.33 Å². The molecule has 0 aliphatic rings. The monoisotopic (exact) mass is 220 g/mol. The standard InChI is InChI=1S/C5H7Br.C4H7F/c1-3-5(2)4-6;1-3-4(2)5/h3H,1-2,4H2;3H,1-2H3/b;4-3+. The number of hydrogen-bond donors (Lipinski definition) is 0. The summed E-state index contributed by atoms with van der Waals surface area (Å²) in [6.45, 7) is 10.2. The molecule has 0 aromatic heterocycles. The van der Waals surface area contributed by atoms with E-state index < -0.39 is 0 Å². The Kier molecular flexibility index (Phi) is 11.6. The summed E-state index contributed by atoms with van der Waals surface area (Å²) in [5.74, 6) is -0.120. The van der Waals surface area contributed by atoms with Crippen molar-refractivity contribution in [2.24, 2.45) is 0 Å². The largest absolute Gasteiger partial charge is 0.213 e. The molecule has 0 aromatic rings. The number of allylic oxidation sites excluding steroid dienone is 4. The molecule has 0 N–H and O–H groups in total. The third kappa shape index (κ3) is 17.7. The quantitative estimate of drug-likeness (QED) is 0.488. The van der Waals surface area contributed by atoms with Gasteiger partial charge in [-0.3, -0.25) is 0 Å². The molecule has 0 radical (unpaired) electrons. The van der Waals surface area contributed by atoms with Crippen LogP contribution in [0.15, 0.2) is 36.7 Å². The van der Waals surface area contributed by atoms with E-state index in [4.69, 9.17) is 0 Å². The van der Waals surface area contributed by atoms with E-state index in [1.807, 2.05) is 0 Å². The number of alkyl halides is 1. The Labute approximate surface area is 76.6 Å². The van der Waals surface area contributed by atoms with E-state index in [0.717, 1.165) is 10.9 Å². The van der Waals surface area contributed by atoms with Gasteiger partial charge in [-0.25, -0.2) is 4.39 Å². The third-order valence-corrected chi connectivity index (χ3v) is 1.58. The van der Waals surface area contributed by atoms with Crippen molar-refractivity contribution in [3.05, 3.63) is 36.7 Å². The minimum Gasteiger partial charge on any atom is -0.213 e. The Hall–Kier alpha value is -0.370. The molecule has 0 bridgehead atoms. The topological polar surface area (TPSA) is 0 Å². The summed E-state index contributed by atoms with van der Waals surface area (Å²) in [7, 11) is 0. The minimum atomic E-state index is -0.120. The van der Waals surface area contributed by atoms with Crippen LogP contribution in [0, 0.1) is 0 Å². The van der Waals surface area contributed by atoms with Gasteiger partial charge in [0.25, 0.3) is 0 Å². The average molecular weight is 221 g/mol. The van der Waals surface area contributed by atoms with Crippen LogP contribution in [0.4, 0.5) is 4.39 Å². The van der Waals surface area contributed by atoms with Gasteiger partial charge < -0.3 is 0 Å². The lowest BCUT2D eigenvalue weighted by Crippen LogP contribution is -1.68. The molecule has 0 amide bonds. The van der Waals surface area contributed by atoms with Gasteiger partial charge in [-0.2, -0.15) is 0 Å². The molecule has 0 nitrogen and oxygen atoms in total. The van der Waals surface area contributed by atoms with Crippen LogP contribution >= 0.6 is 15.9 Å². The van der Waals surface area contributed by atoms with Crippen LogP contribution in [0.1, 0.15) is 13.8 Å². The average Bonchev–Trinajstić information content (AvgIpc) is 2.04. The Morgan fingerprint density at radius 1 is 1.64 bits per heavy atom. The summed E-state index contributed by atoms with van der Waals surface area (Å²) in [6.07, 6.45) is 3.15. The highest BCUT2D eigenvalue weighted by molar-refractivity contribution is 9.09. The maximum atomic E-state index is 11.3. The van der Waals surface area contributed by atoms with Crippen LogP contribution in [-0.2, 0) is 0 Å². The van der Waals surface area contributed by atoms with Crippen molar-refractivity contribution >= 4 is 15.9 Å². The van der Waals surface area contributed by atoms with Gasteiger partial charge in [-0.15, -0.1) is 0 Å². The maximum absolute atomic E-state index is 11.3. The zero-order valence-electron chi connectivity index (χ0n) is 7.03. The van der Waals surface area contributed by atoms with E-state index >= 15 is 0 Å². The van der Waals surface area contributed by atoms with Crippen LogP contribution in [0.5, 0.6) is 0 Å². The molecule has 0 aromatic carbocycles. The molecule has 0 aliphatic carbocycles. The Morgan fingerprint density at radius 3 is 2.00 bits per heavy atom. The molecular weight excluding hydrogens is 207 g/mol. The molecule has 0 fully saturated rings. The van der Waals surface area contributed by atoms with Crippen molar-refractivity contribution in [1.29, 1.82) is 0 Å². The molecular formula is C9H14BrF. The second-order valence-corrected chi connectivity index (χ2v) is 2.43. The van der Waals surface area contributed by atoms with Gasteiger partial charge in [-0.1, -0.05) is 41.2 Å². The van der Waals surface area contributed by atoms with Gasteiger partial charge in [0.15, 0.2) is 0 Å². The van der Waals surface area contributed by atoms with Crippen LogP contribution < -0.4 is 0 Å². The summed E-state index contributed by atoms with van der Waals surface area (Å²) in [5, 5.41) is 0.830. The minimum absolute atomic E-state index is 0.120. The molecule has 0 saturated carbocycles. The number of rotatable bonds is 2. The number of halogens is 2. The molecule has 0 saturated heterocycles. The highest BCUT2D eigenvalue weighted by Crippen LogP contribution is 1.93. The smallest absolute Gasteiger partial charge is 0.0926 e. The van der Waals surface area contributed by atoms with Crippen molar-refractivity contribution in [1.82, 2.24) is 0 Å². The lowest BCUT2D eigenvalue weighted by molar-refractivity contribution is 0.638. The molecule has 64 valence electrons. The first-order chi connectivity index (χ1) is 5.08. The van der Waals surface area contributed by atoms with Gasteiger partial charge in [0.2, 0.25) is 0 Å². The predicted molar refractivity (Wildman–Crippen MR) is 53.7 cm³/mol. The van der Waals surface area contributed by atoms with E-state index in [9.17, 15) is 4.39 Å². The van der Waals surface area contributed by atoms with Crippen molar-refractivity contribution in [2.45, 2.75) is 13.8 Å². The van der Waals surface area contributed by atoms with Gasteiger partial charge in [0.1, 0.15) is 0 Å². The molecule has 0 spiro atoms. The lowest BCUT2D eigenvalue weighted by atomic mass is 10.4. The van der Waals surface area contributed by atoms with Gasteiger partial charge in [-0.05, 0) is 19.4 Å². The fourth-order valence-electron chi connectivity index (χ4n) is 0.0546. The summed E-state index contributed by atoms with van der Waals surface area (Å²) in [6, 6.07) is 0. The Balaban J connectivity index is 0. The summed E-state index contributed by atoms with van der Waals surface area (Å²) >= 11 is 3.20. The van der Waals surface area contributed by atoms with Gasteiger partial charge >= 0.3 is 0 Å². The highest BCUT2D eigenvalue weighted by atomic mass is 79.9. The maximum Gasteiger partial charge on any atom is 0.0926 e. The molecule has 11 heavy (non-hydrogen) atoms. The zero-order chi connectivity index (χ0) is 9.28. The lowest BCUT2D eigenvalue weighted by Gasteiger charge is -1.81. The second-order valence-electron chi connectivity index (χ2n) is 1.87. The molecule has 0 aliphatic heterocycles. The van der Waals surface area contributed by atoms with Crippen molar-refractivity contribution in [3.63, 3.8) is 0 Å². The molecule has 0 heterocycles. The van der Waals surface area contributed by atoms with Crippen LogP contribution in [0.3, 0.4) is 0 Å². The van der Waals surface area contributed by atoms with Crippen molar-refractivity contribution in [3.8, 4) is 0 Å². The summed E-state index contributed by atoms with van der Waals surface area (Å²) in [4.78, 5) is 0. The zero-order valence-corrected chi connectivity index (χ0v) is 8.62. The highest BCUT2D eigenvalue weighted by Gasteiger charge is 1.74. The summed E-state index contributed by atoms with van der Waals surface area (Å²) in [5.41, 5.74) is 1.02. The third-order valence-electron chi connectivity index (χ3n) is 0.858. The SMILES string of the molecule is C/C=C(\C)F.C=CC(=C)CBr. The molecule has 0 atom stereocenters. The van der Waals surface area contributed by atoms with Crippen LogP contribution in [0.25, 0.3) is 0 Å². The number of hydrogen-bond acceptors (Lipinski definition) is 0. The normalized spacial score (nSPS) is 9.64. The molecule has 2 heteroatoms. The Bertz CT molecular complexity index is 144. The van der Waals surface area contributed by atoms with E-state index in [-0.39, 0.29) is 5.83 Å². The van der Waals surface area contributed by atoms with E-state index in [1.165, 1.54) is 13.0 Å². The fraction of sp³-hybridized carbons (Fsp3) is 0.333. The first-order valence-electron chi connectivity index (χ1n) is 3.23. The van der Waals surface area contributed by atoms with E-state index in [1.54, 1.807) is 13.0 Å². The Morgan fingerprint density at radius 2 is 2.00 bits per heavy atom. The van der Waals surface area contributed by atoms with Crippen molar-refractivity contribution in [2.75, 3.05) is 5.33 Å². The first kappa shape index (κ1) is 13.2. The van der Waals surface area contributed by atoms with E-state index in [0.29, 0.717) is 0 Å². The first-order valence-corrected chi connectivity index (χ1v) is 4.35. The van der Waals surface area contributed by atoms with Crippen LogP contribution in [0.2, 0.25) is 0 Å². The molecule has 0 unspecified atom stereocenters.